The van der Waals surface area contributed by atoms with Crippen LogP contribution in [-0.2, 0) is 4.79 Å². The molecule has 1 amide bonds. The van der Waals surface area contributed by atoms with Crippen molar-refractivity contribution in [1.82, 2.24) is 5.32 Å². The Morgan fingerprint density at radius 2 is 2.08 bits per heavy atom. The van der Waals surface area contributed by atoms with Crippen LogP contribution in [0.25, 0.3) is 0 Å². The Morgan fingerprint density at radius 1 is 1.31 bits per heavy atom. The van der Waals surface area contributed by atoms with Gasteiger partial charge in [-0.2, -0.15) is 0 Å². The van der Waals surface area contributed by atoms with Gasteiger partial charge in [0, 0.05) is 12.0 Å². The average molecular weight is 181 g/mol. The van der Waals surface area contributed by atoms with Gasteiger partial charge in [-0.1, -0.05) is 20.3 Å². The fraction of sp³-hybridized carbons (Fsp3) is 0.909. The molecule has 0 aromatic rings. The Hall–Kier alpha value is -0.530. The molecule has 0 aliphatic heterocycles. The highest BCUT2D eigenvalue weighted by Gasteiger charge is 2.40. The Labute approximate surface area is 80.1 Å². The third-order valence-corrected chi connectivity index (χ3v) is 3.59. The van der Waals surface area contributed by atoms with E-state index in [1.165, 1.54) is 25.7 Å². The summed E-state index contributed by atoms with van der Waals surface area (Å²) in [6, 6.07) is 0.508. The van der Waals surface area contributed by atoms with Crippen LogP contribution in [0.1, 0.15) is 39.5 Å². The van der Waals surface area contributed by atoms with Gasteiger partial charge in [-0.15, -0.1) is 0 Å². The van der Waals surface area contributed by atoms with E-state index in [0.29, 0.717) is 6.04 Å². The molecule has 2 saturated carbocycles. The van der Waals surface area contributed by atoms with Gasteiger partial charge in [0.05, 0.1) is 0 Å². The zero-order valence-electron chi connectivity index (χ0n) is 8.55. The van der Waals surface area contributed by atoms with E-state index in [1.54, 1.807) is 0 Å². The van der Waals surface area contributed by atoms with E-state index in [1.807, 2.05) is 13.8 Å². The maximum absolute atomic E-state index is 11.5. The molecule has 0 spiro atoms. The Kier molecular flexibility index (Phi) is 2.31. The SMILES string of the molecule is CC(C)C(=O)N[C@H]1C[C@H]2CC[C@H]1C2. The summed E-state index contributed by atoms with van der Waals surface area (Å²) in [7, 11) is 0. The minimum Gasteiger partial charge on any atom is -0.353 e. The van der Waals surface area contributed by atoms with E-state index < -0.39 is 0 Å². The second kappa shape index (κ2) is 3.32. The maximum Gasteiger partial charge on any atom is 0.222 e. The van der Waals surface area contributed by atoms with E-state index in [-0.39, 0.29) is 11.8 Å². The third-order valence-electron chi connectivity index (χ3n) is 3.59. The molecular weight excluding hydrogens is 162 g/mol. The highest BCUT2D eigenvalue weighted by molar-refractivity contribution is 5.78. The van der Waals surface area contributed by atoms with Crippen molar-refractivity contribution < 1.29 is 4.79 Å². The van der Waals surface area contributed by atoms with Crippen LogP contribution in [0.3, 0.4) is 0 Å². The fourth-order valence-electron chi connectivity index (χ4n) is 2.77. The number of hydrogen-bond acceptors (Lipinski definition) is 1. The maximum atomic E-state index is 11.5. The molecule has 2 rings (SSSR count). The Bertz CT molecular complexity index is 212. The summed E-state index contributed by atoms with van der Waals surface area (Å²) in [5, 5.41) is 3.17. The van der Waals surface area contributed by atoms with Gasteiger partial charge >= 0.3 is 0 Å². The van der Waals surface area contributed by atoms with Crippen LogP contribution >= 0.6 is 0 Å². The summed E-state index contributed by atoms with van der Waals surface area (Å²) in [6.07, 6.45) is 5.35. The molecule has 0 heterocycles. The van der Waals surface area contributed by atoms with Crippen molar-refractivity contribution >= 4 is 5.91 Å². The lowest BCUT2D eigenvalue weighted by Crippen LogP contribution is -2.40. The first-order valence-corrected chi connectivity index (χ1v) is 5.47. The molecule has 13 heavy (non-hydrogen) atoms. The zero-order chi connectivity index (χ0) is 9.42. The van der Waals surface area contributed by atoms with Gasteiger partial charge in [-0.3, -0.25) is 4.79 Å². The normalized spacial score (nSPS) is 37.0. The lowest BCUT2D eigenvalue weighted by Gasteiger charge is -2.23. The van der Waals surface area contributed by atoms with Crippen LogP contribution in [0.2, 0.25) is 0 Å². The van der Waals surface area contributed by atoms with Crippen molar-refractivity contribution in [2.75, 3.05) is 0 Å². The Balaban J connectivity index is 1.86. The molecule has 0 unspecified atom stereocenters. The van der Waals surface area contributed by atoms with Crippen molar-refractivity contribution in [1.29, 1.82) is 0 Å². The summed E-state index contributed by atoms with van der Waals surface area (Å²) in [5.41, 5.74) is 0. The second-order valence-corrected chi connectivity index (χ2v) is 4.94. The largest absolute Gasteiger partial charge is 0.353 e. The predicted molar refractivity (Wildman–Crippen MR) is 52.2 cm³/mol. The van der Waals surface area contributed by atoms with Crippen LogP contribution in [-0.4, -0.2) is 11.9 Å². The van der Waals surface area contributed by atoms with Gasteiger partial charge in [0.25, 0.3) is 0 Å². The molecule has 2 aliphatic carbocycles. The van der Waals surface area contributed by atoms with Crippen LogP contribution in [0.5, 0.6) is 0 Å². The van der Waals surface area contributed by atoms with Gasteiger partial charge in [-0.25, -0.2) is 0 Å². The summed E-state index contributed by atoms with van der Waals surface area (Å²) in [6.45, 7) is 3.92. The number of rotatable bonds is 2. The number of carbonyl (C=O) groups excluding carboxylic acids is 1. The standard InChI is InChI=1S/C11H19NO/c1-7(2)11(13)12-10-6-8-3-4-9(10)5-8/h7-10H,3-6H2,1-2H3,(H,12,13)/t8-,9-,10-/m0/s1. The second-order valence-electron chi connectivity index (χ2n) is 4.94. The molecule has 3 atom stereocenters. The first-order valence-electron chi connectivity index (χ1n) is 5.47. The summed E-state index contributed by atoms with van der Waals surface area (Å²) in [5.74, 6) is 2.09. The molecule has 0 radical (unpaired) electrons. The Morgan fingerprint density at radius 3 is 2.54 bits per heavy atom. The molecule has 2 heteroatoms. The van der Waals surface area contributed by atoms with E-state index in [2.05, 4.69) is 5.32 Å². The number of nitrogens with one attached hydrogen (secondary N) is 1. The smallest absolute Gasteiger partial charge is 0.222 e. The molecule has 0 aromatic heterocycles. The van der Waals surface area contributed by atoms with E-state index in [4.69, 9.17) is 0 Å². The minimum absolute atomic E-state index is 0.138. The quantitative estimate of drug-likeness (QED) is 0.693. The number of fused-ring (bicyclic) bond motifs is 2. The first-order chi connectivity index (χ1) is 6.16. The summed E-state index contributed by atoms with van der Waals surface area (Å²) < 4.78 is 0. The molecule has 2 fully saturated rings. The number of carbonyl (C=O) groups is 1. The summed E-state index contributed by atoms with van der Waals surface area (Å²) >= 11 is 0. The lowest BCUT2D eigenvalue weighted by atomic mass is 9.95. The lowest BCUT2D eigenvalue weighted by molar-refractivity contribution is -0.125. The van der Waals surface area contributed by atoms with Crippen LogP contribution in [0.15, 0.2) is 0 Å². The van der Waals surface area contributed by atoms with E-state index in [9.17, 15) is 4.79 Å². The van der Waals surface area contributed by atoms with Crippen LogP contribution < -0.4 is 5.32 Å². The molecule has 74 valence electrons. The minimum atomic E-state index is 0.138. The molecule has 2 aliphatic rings. The van der Waals surface area contributed by atoms with Gasteiger partial charge in [-0.05, 0) is 31.1 Å². The number of hydrogen-bond donors (Lipinski definition) is 1. The molecule has 2 nitrogen and oxygen atoms in total. The number of amides is 1. The molecule has 1 N–H and O–H groups in total. The monoisotopic (exact) mass is 181 g/mol. The van der Waals surface area contributed by atoms with Crippen LogP contribution in [0.4, 0.5) is 0 Å². The van der Waals surface area contributed by atoms with Crippen molar-refractivity contribution in [2.45, 2.75) is 45.6 Å². The zero-order valence-corrected chi connectivity index (χ0v) is 8.55. The van der Waals surface area contributed by atoms with E-state index in [0.717, 1.165) is 11.8 Å². The van der Waals surface area contributed by atoms with Crippen molar-refractivity contribution in [3.05, 3.63) is 0 Å². The van der Waals surface area contributed by atoms with Crippen LogP contribution in [0, 0.1) is 17.8 Å². The third kappa shape index (κ3) is 1.72. The molecular formula is C11H19NO. The topological polar surface area (TPSA) is 29.1 Å². The van der Waals surface area contributed by atoms with Crippen molar-refractivity contribution in [3.63, 3.8) is 0 Å². The van der Waals surface area contributed by atoms with Crippen molar-refractivity contribution in [2.24, 2.45) is 17.8 Å². The highest BCUT2D eigenvalue weighted by atomic mass is 16.1. The van der Waals surface area contributed by atoms with E-state index >= 15 is 0 Å². The highest BCUT2D eigenvalue weighted by Crippen LogP contribution is 2.44. The predicted octanol–water partition coefficient (Wildman–Crippen LogP) is 1.95. The summed E-state index contributed by atoms with van der Waals surface area (Å²) in [4.78, 5) is 11.5. The average Bonchev–Trinajstić information content (AvgIpc) is 2.64. The van der Waals surface area contributed by atoms with Gasteiger partial charge in [0.1, 0.15) is 0 Å². The van der Waals surface area contributed by atoms with Gasteiger partial charge in [0.2, 0.25) is 5.91 Å². The first kappa shape index (κ1) is 9.04. The molecule has 2 bridgehead atoms. The molecule has 0 saturated heterocycles. The van der Waals surface area contributed by atoms with Crippen molar-refractivity contribution in [3.8, 4) is 0 Å². The fourth-order valence-corrected chi connectivity index (χ4v) is 2.77. The van der Waals surface area contributed by atoms with Gasteiger partial charge < -0.3 is 5.32 Å². The van der Waals surface area contributed by atoms with Gasteiger partial charge in [0.15, 0.2) is 0 Å². The molecule has 0 aromatic carbocycles.